The monoisotopic (exact) mass is 219 g/mol. The number of aliphatic hydroxyl groups excluding tert-OH is 1. The van der Waals surface area contributed by atoms with Crippen LogP contribution in [0.5, 0.6) is 0 Å². The molecule has 0 aromatic heterocycles. The maximum atomic E-state index is 11.2. The molecule has 1 fully saturated rings. The molecule has 1 amide bonds. The Labute approximate surface area is 89.8 Å². The predicted octanol–water partition coefficient (Wildman–Crippen LogP) is 1.28. The summed E-state index contributed by atoms with van der Waals surface area (Å²) < 4.78 is 0. The molecular formula is C10H18ClNO2. The van der Waals surface area contributed by atoms with Crippen molar-refractivity contribution in [1.29, 1.82) is 0 Å². The van der Waals surface area contributed by atoms with Crippen LogP contribution in [-0.4, -0.2) is 29.5 Å². The first-order valence-corrected chi connectivity index (χ1v) is 5.76. The van der Waals surface area contributed by atoms with Gasteiger partial charge >= 0.3 is 0 Å². The molecule has 0 bridgehead atoms. The highest BCUT2D eigenvalue weighted by molar-refractivity contribution is 6.17. The van der Waals surface area contributed by atoms with Crippen LogP contribution in [0.2, 0.25) is 0 Å². The number of amides is 1. The van der Waals surface area contributed by atoms with E-state index >= 15 is 0 Å². The summed E-state index contributed by atoms with van der Waals surface area (Å²) in [6.45, 7) is 0.719. The van der Waals surface area contributed by atoms with E-state index in [4.69, 9.17) is 16.7 Å². The van der Waals surface area contributed by atoms with E-state index in [9.17, 15) is 4.79 Å². The van der Waals surface area contributed by atoms with Crippen molar-refractivity contribution in [2.24, 2.45) is 5.92 Å². The lowest BCUT2D eigenvalue weighted by Gasteiger charge is -2.31. The van der Waals surface area contributed by atoms with Crippen LogP contribution >= 0.6 is 11.6 Å². The Bertz CT molecular complexity index is 181. The summed E-state index contributed by atoms with van der Waals surface area (Å²) in [6, 6.07) is 0. The molecule has 0 radical (unpaired) electrons. The normalized spacial score (nSPS) is 25.6. The number of carbonyl (C=O) groups excluding carboxylic acids is 1. The summed E-state index contributed by atoms with van der Waals surface area (Å²) in [7, 11) is 0. The van der Waals surface area contributed by atoms with Gasteiger partial charge in [0.15, 0.2) is 0 Å². The van der Waals surface area contributed by atoms with Gasteiger partial charge in [-0.05, 0) is 31.6 Å². The number of halogens is 1. The zero-order valence-corrected chi connectivity index (χ0v) is 9.09. The Hall–Kier alpha value is -0.280. The fourth-order valence-electron chi connectivity index (χ4n) is 1.59. The Morgan fingerprint density at radius 2 is 2.14 bits per heavy atom. The van der Waals surface area contributed by atoms with Gasteiger partial charge in [0.05, 0.1) is 6.10 Å². The third kappa shape index (κ3) is 4.29. The molecular weight excluding hydrogens is 202 g/mol. The molecule has 3 nitrogen and oxygen atoms in total. The Morgan fingerprint density at radius 3 is 2.71 bits per heavy atom. The van der Waals surface area contributed by atoms with Gasteiger partial charge in [-0.1, -0.05) is 0 Å². The fourth-order valence-corrected chi connectivity index (χ4v) is 1.78. The third-order valence-electron chi connectivity index (χ3n) is 2.59. The number of rotatable bonds is 6. The number of carbonyl (C=O) groups is 1. The number of hydrogen-bond donors (Lipinski definition) is 2. The van der Waals surface area contributed by atoms with Gasteiger partial charge in [-0.25, -0.2) is 0 Å². The minimum atomic E-state index is -0.131. The van der Waals surface area contributed by atoms with Crippen LogP contribution in [0.4, 0.5) is 0 Å². The van der Waals surface area contributed by atoms with E-state index < -0.39 is 0 Å². The van der Waals surface area contributed by atoms with Crippen LogP contribution in [0, 0.1) is 5.92 Å². The summed E-state index contributed by atoms with van der Waals surface area (Å²) >= 11 is 5.50. The van der Waals surface area contributed by atoms with Gasteiger partial charge < -0.3 is 10.4 Å². The van der Waals surface area contributed by atoms with Crippen molar-refractivity contribution < 1.29 is 9.90 Å². The van der Waals surface area contributed by atoms with Crippen LogP contribution in [0.25, 0.3) is 0 Å². The Kier molecular flexibility index (Phi) is 5.26. The smallest absolute Gasteiger partial charge is 0.220 e. The average Bonchev–Trinajstić information content (AvgIpc) is 2.11. The van der Waals surface area contributed by atoms with Gasteiger partial charge in [0, 0.05) is 18.8 Å². The summed E-state index contributed by atoms with van der Waals surface area (Å²) in [6.07, 6.45) is 3.87. The first-order valence-electron chi connectivity index (χ1n) is 5.23. The second-order valence-electron chi connectivity index (χ2n) is 3.94. The van der Waals surface area contributed by atoms with E-state index in [1.165, 1.54) is 0 Å². The molecule has 0 aliphatic heterocycles. The number of alkyl halides is 1. The van der Waals surface area contributed by atoms with Gasteiger partial charge in [-0.3, -0.25) is 4.79 Å². The first kappa shape index (κ1) is 11.8. The van der Waals surface area contributed by atoms with E-state index in [-0.39, 0.29) is 12.0 Å². The maximum absolute atomic E-state index is 11.2. The summed E-state index contributed by atoms with van der Waals surface area (Å²) in [4.78, 5) is 11.2. The molecule has 0 aromatic carbocycles. The summed E-state index contributed by atoms with van der Waals surface area (Å²) in [5.74, 6) is 1.22. The molecule has 0 spiro atoms. The number of hydrogen-bond acceptors (Lipinski definition) is 2. The molecule has 1 aliphatic carbocycles. The molecule has 0 aromatic rings. The van der Waals surface area contributed by atoms with Crippen LogP contribution < -0.4 is 5.32 Å². The lowest BCUT2D eigenvalue weighted by molar-refractivity contribution is -0.121. The van der Waals surface area contributed by atoms with Crippen molar-refractivity contribution in [3.63, 3.8) is 0 Å². The van der Waals surface area contributed by atoms with Gasteiger partial charge in [-0.2, -0.15) is 0 Å². The molecule has 0 atom stereocenters. The molecule has 82 valence electrons. The second kappa shape index (κ2) is 6.25. The molecule has 4 heteroatoms. The van der Waals surface area contributed by atoms with E-state index in [1.54, 1.807) is 0 Å². The number of unbranched alkanes of at least 4 members (excludes halogenated alkanes) is 1. The van der Waals surface area contributed by atoms with Crippen LogP contribution in [0.3, 0.4) is 0 Å². The van der Waals surface area contributed by atoms with Gasteiger partial charge in [-0.15, -0.1) is 11.6 Å². The summed E-state index contributed by atoms with van der Waals surface area (Å²) in [5, 5.41) is 11.9. The molecule has 1 saturated carbocycles. The van der Waals surface area contributed by atoms with E-state index in [0.29, 0.717) is 18.2 Å². The molecule has 0 unspecified atom stereocenters. The first-order chi connectivity index (χ1) is 6.72. The highest BCUT2D eigenvalue weighted by Crippen LogP contribution is 2.25. The van der Waals surface area contributed by atoms with Crippen molar-refractivity contribution in [3.8, 4) is 0 Å². The van der Waals surface area contributed by atoms with E-state index in [0.717, 1.165) is 32.2 Å². The number of aliphatic hydroxyl groups is 1. The molecule has 2 N–H and O–H groups in total. The van der Waals surface area contributed by atoms with Crippen molar-refractivity contribution >= 4 is 17.5 Å². The van der Waals surface area contributed by atoms with Crippen LogP contribution in [0.1, 0.15) is 32.1 Å². The molecule has 14 heavy (non-hydrogen) atoms. The zero-order chi connectivity index (χ0) is 10.4. The minimum Gasteiger partial charge on any atom is -0.393 e. The van der Waals surface area contributed by atoms with Gasteiger partial charge in [0.2, 0.25) is 5.91 Å². The topological polar surface area (TPSA) is 49.3 Å². The molecule has 1 aliphatic rings. The second-order valence-corrected chi connectivity index (χ2v) is 4.32. The lowest BCUT2D eigenvalue weighted by atomic mass is 9.82. The average molecular weight is 220 g/mol. The highest BCUT2D eigenvalue weighted by atomic mass is 35.5. The van der Waals surface area contributed by atoms with Crippen molar-refractivity contribution in [1.82, 2.24) is 5.32 Å². The van der Waals surface area contributed by atoms with Crippen molar-refractivity contribution in [3.05, 3.63) is 0 Å². The van der Waals surface area contributed by atoms with Gasteiger partial charge in [0.25, 0.3) is 0 Å². The van der Waals surface area contributed by atoms with Crippen LogP contribution in [0.15, 0.2) is 0 Å². The minimum absolute atomic E-state index is 0.108. The molecule has 0 saturated heterocycles. The highest BCUT2D eigenvalue weighted by Gasteiger charge is 2.26. The SMILES string of the molecule is O=C(CCCCCl)NCC1CC(O)C1. The molecule has 1 rings (SSSR count). The van der Waals surface area contributed by atoms with E-state index in [2.05, 4.69) is 5.32 Å². The quantitative estimate of drug-likeness (QED) is 0.523. The maximum Gasteiger partial charge on any atom is 0.220 e. The lowest BCUT2D eigenvalue weighted by Crippen LogP contribution is -2.38. The third-order valence-corrected chi connectivity index (χ3v) is 2.85. The zero-order valence-electron chi connectivity index (χ0n) is 8.34. The standard InChI is InChI=1S/C10H18ClNO2/c11-4-2-1-3-10(14)12-7-8-5-9(13)6-8/h8-9,13H,1-7H2,(H,12,14). The van der Waals surface area contributed by atoms with Crippen molar-refractivity contribution in [2.45, 2.75) is 38.2 Å². The van der Waals surface area contributed by atoms with Gasteiger partial charge in [0.1, 0.15) is 0 Å². The predicted molar refractivity (Wildman–Crippen MR) is 56.3 cm³/mol. The van der Waals surface area contributed by atoms with Crippen LogP contribution in [-0.2, 0) is 4.79 Å². The fraction of sp³-hybridized carbons (Fsp3) is 0.900. The Balaban J connectivity index is 1.93. The van der Waals surface area contributed by atoms with Crippen molar-refractivity contribution in [2.75, 3.05) is 12.4 Å². The largest absolute Gasteiger partial charge is 0.393 e. The Morgan fingerprint density at radius 1 is 1.43 bits per heavy atom. The van der Waals surface area contributed by atoms with E-state index in [1.807, 2.05) is 0 Å². The molecule has 0 heterocycles. The summed E-state index contributed by atoms with van der Waals surface area (Å²) in [5.41, 5.74) is 0. The number of nitrogens with one attached hydrogen (secondary N) is 1.